The number of anilines is 2. The van der Waals surface area contributed by atoms with Crippen LogP contribution in [0.2, 0.25) is 0 Å². The third-order valence-electron chi connectivity index (χ3n) is 6.59. The minimum Gasteiger partial charge on any atom is -0.453 e. The molecule has 0 bridgehead atoms. The van der Waals surface area contributed by atoms with Crippen LogP contribution < -0.4 is 15.8 Å². The highest BCUT2D eigenvalue weighted by atomic mass is 32.2. The molecule has 0 radical (unpaired) electrons. The Morgan fingerprint density at radius 2 is 1.92 bits per heavy atom. The Morgan fingerprint density at radius 1 is 1.10 bits per heavy atom. The van der Waals surface area contributed by atoms with Crippen molar-refractivity contribution < 1.29 is 13.9 Å². The molecule has 39 heavy (non-hydrogen) atoms. The number of ether oxygens (including phenoxy) is 1. The number of hydrogen-bond acceptors (Lipinski definition) is 7. The fraction of sp³-hybridized carbons (Fsp3) is 0.185. The third kappa shape index (κ3) is 5.50. The first-order valence-corrected chi connectivity index (χ1v) is 13.2. The van der Waals surface area contributed by atoms with E-state index in [2.05, 4.69) is 30.2 Å². The molecule has 0 spiro atoms. The van der Waals surface area contributed by atoms with Crippen LogP contribution in [0, 0.1) is 5.82 Å². The summed E-state index contributed by atoms with van der Waals surface area (Å²) in [6.07, 6.45) is 8.78. The van der Waals surface area contributed by atoms with E-state index in [0.29, 0.717) is 36.4 Å². The topological polar surface area (TPSA) is 138 Å². The molecule has 5 aromatic rings. The number of primary amides is 1. The van der Waals surface area contributed by atoms with Gasteiger partial charge in [-0.25, -0.2) is 19.2 Å². The van der Waals surface area contributed by atoms with Crippen molar-refractivity contribution in [2.45, 2.75) is 28.6 Å². The van der Waals surface area contributed by atoms with Crippen LogP contribution in [-0.2, 0) is 0 Å². The maximum atomic E-state index is 13.5. The second-order valence-electron chi connectivity index (χ2n) is 9.13. The highest BCUT2D eigenvalue weighted by Crippen LogP contribution is 2.38. The van der Waals surface area contributed by atoms with Crippen molar-refractivity contribution in [1.82, 2.24) is 29.8 Å². The molecule has 6 rings (SSSR count). The van der Waals surface area contributed by atoms with E-state index >= 15 is 0 Å². The monoisotopic (exact) mass is 544 g/mol. The van der Waals surface area contributed by atoms with Crippen LogP contribution in [0.15, 0.2) is 77.0 Å². The average molecular weight is 545 g/mol. The summed E-state index contributed by atoms with van der Waals surface area (Å²) in [5, 5.41) is 3.22. The predicted octanol–water partition coefficient (Wildman–Crippen LogP) is 5.77. The molecule has 10 nitrogen and oxygen atoms in total. The van der Waals surface area contributed by atoms with Gasteiger partial charge in [-0.1, -0.05) is 11.8 Å². The van der Waals surface area contributed by atoms with E-state index in [0.717, 1.165) is 39.4 Å². The number of amides is 2. The number of aromatic nitrogens is 5. The van der Waals surface area contributed by atoms with Gasteiger partial charge in [0.05, 0.1) is 17.2 Å². The molecule has 1 saturated heterocycles. The number of pyridine rings is 2. The average Bonchev–Trinajstić information content (AvgIpc) is 3.62. The number of carbonyl (C=O) groups excluding carboxylic acids is 1. The van der Waals surface area contributed by atoms with Crippen LogP contribution in [0.4, 0.5) is 21.0 Å². The van der Waals surface area contributed by atoms with Crippen LogP contribution in [0.5, 0.6) is 11.5 Å². The van der Waals surface area contributed by atoms with Gasteiger partial charge in [-0.15, -0.1) is 0 Å². The van der Waals surface area contributed by atoms with Gasteiger partial charge in [0.15, 0.2) is 11.6 Å². The molecule has 1 aromatic carbocycles. The van der Waals surface area contributed by atoms with Gasteiger partial charge in [-0.3, -0.25) is 4.98 Å². The molecule has 0 atom stereocenters. The van der Waals surface area contributed by atoms with Crippen LogP contribution in [0.1, 0.15) is 24.5 Å². The minimum absolute atomic E-state index is 0.246. The number of rotatable bonds is 7. The van der Waals surface area contributed by atoms with Crippen molar-refractivity contribution in [1.29, 1.82) is 0 Å². The van der Waals surface area contributed by atoms with Crippen LogP contribution in [-0.4, -0.2) is 48.9 Å². The number of carbonyl (C=O) groups is 1. The smallest absolute Gasteiger partial charge is 0.314 e. The lowest BCUT2D eigenvalue weighted by Crippen LogP contribution is -2.41. The van der Waals surface area contributed by atoms with E-state index in [1.54, 1.807) is 35.6 Å². The zero-order valence-electron chi connectivity index (χ0n) is 20.7. The number of piperidine rings is 1. The zero-order chi connectivity index (χ0) is 26.8. The third-order valence-corrected chi connectivity index (χ3v) is 7.61. The van der Waals surface area contributed by atoms with E-state index in [1.165, 1.54) is 23.9 Å². The quantitative estimate of drug-likeness (QED) is 0.204. The molecule has 5 N–H and O–H groups in total. The van der Waals surface area contributed by atoms with Crippen molar-refractivity contribution in [2.24, 2.45) is 5.73 Å². The molecule has 2 amide bonds. The molecule has 5 heterocycles. The van der Waals surface area contributed by atoms with E-state index in [-0.39, 0.29) is 17.8 Å². The summed E-state index contributed by atoms with van der Waals surface area (Å²) in [5.41, 5.74) is 8.20. The van der Waals surface area contributed by atoms with Gasteiger partial charge in [-0.2, -0.15) is 0 Å². The van der Waals surface area contributed by atoms with E-state index < -0.39 is 0 Å². The Labute approximate surface area is 227 Å². The van der Waals surface area contributed by atoms with Crippen LogP contribution >= 0.6 is 11.8 Å². The number of imidazole rings is 1. The number of halogens is 1. The first-order valence-electron chi connectivity index (χ1n) is 12.4. The number of aromatic amines is 2. The summed E-state index contributed by atoms with van der Waals surface area (Å²) in [6, 6.07) is 11.2. The van der Waals surface area contributed by atoms with Gasteiger partial charge in [0.2, 0.25) is 5.95 Å². The molecule has 0 saturated carbocycles. The Kier molecular flexibility index (Phi) is 6.76. The van der Waals surface area contributed by atoms with Gasteiger partial charge in [0.25, 0.3) is 0 Å². The van der Waals surface area contributed by atoms with Crippen molar-refractivity contribution in [3.8, 4) is 11.5 Å². The first-order chi connectivity index (χ1) is 19.0. The summed E-state index contributed by atoms with van der Waals surface area (Å²) < 4.78 is 19.6. The second kappa shape index (κ2) is 10.7. The predicted molar refractivity (Wildman–Crippen MR) is 146 cm³/mol. The van der Waals surface area contributed by atoms with Crippen LogP contribution in [0.3, 0.4) is 0 Å². The Morgan fingerprint density at radius 3 is 2.72 bits per heavy atom. The van der Waals surface area contributed by atoms with E-state index in [9.17, 15) is 9.18 Å². The number of urea groups is 1. The van der Waals surface area contributed by atoms with Crippen molar-refractivity contribution in [3.63, 3.8) is 0 Å². The Hall–Kier alpha value is -4.58. The van der Waals surface area contributed by atoms with E-state index in [4.69, 9.17) is 10.5 Å². The fourth-order valence-electron chi connectivity index (χ4n) is 4.56. The molecular formula is C27H25FN8O2S. The molecule has 198 valence electrons. The number of hydrogen-bond donors (Lipinski definition) is 4. The molecule has 12 heteroatoms. The lowest BCUT2D eigenvalue weighted by Gasteiger charge is -2.30. The summed E-state index contributed by atoms with van der Waals surface area (Å²) in [6.45, 7) is 1.23. The van der Waals surface area contributed by atoms with Gasteiger partial charge in [0.1, 0.15) is 11.6 Å². The number of nitrogens with one attached hydrogen (secondary N) is 3. The largest absolute Gasteiger partial charge is 0.453 e. The molecular weight excluding hydrogens is 519 g/mol. The molecule has 4 aromatic heterocycles. The Balaban J connectivity index is 1.25. The van der Waals surface area contributed by atoms with Gasteiger partial charge >= 0.3 is 6.03 Å². The zero-order valence-corrected chi connectivity index (χ0v) is 21.5. The Bertz CT molecular complexity index is 1610. The maximum Gasteiger partial charge on any atom is 0.314 e. The lowest BCUT2D eigenvalue weighted by atomic mass is 9.94. The van der Waals surface area contributed by atoms with Gasteiger partial charge in [-0.05, 0) is 49.2 Å². The SMILES string of the molecule is NC(=O)N1CCC(c2cnc(Nc3ncc(Sc4ccnc5cc[nH]c45)cc3Oc3ccc(F)cc3)[nH]2)CC1. The van der Waals surface area contributed by atoms with Crippen LogP contribution in [0.25, 0.3) is 11.0 Å². The second-order valence-corrected chi connectivity index (χ2v) is 10.2. The van der Waals surface area contributed by atoms with Crippen molar-refractivity contribution in [2.75, 3.05) is 18.4 Å². The highest BCUT2D eigenvalue weighted by Gasteiger charge is 2.24. The van der Waals surface area contributed by atoms with Crippen molar-refractivity contribution in [3.05, 3.63) is 78.8 Å². The summed E-state index contributed by atoms with van der Waals surface area (Å²) >= 11 is 1.53. The number of H-pyrrole nitrogens is 2. The van der Waals surface area contributed by atoms with Gasteiger partial charge < -0.3 is 30.7 Å². The summed E-state index contributed by atoms with van der Waals surface area (Å²) in [5.74, 6) is 1.79. The summed E-state index contributed by atoms with van der Waals surface area (Å²) in [4.78, 5) is 35.0. The standard InChI is InChI=1S/C27H25FN8O2S/c28-17-1-3-18(4-2-17)38-22-13-19(39-23-6-10-30-20-5-9-31-24(20)23)14-32-25(22)35-27-33-15-21(34-27)16-7-11-36(12-8-16)26(29)37/h1-6,9-10,13-16,31H,7-8,11-12H2,(H2,29,37)(H2,32,33,34,35). The normalized spacial score (nSPS) is 14.0. The number of likely N-dealkylation sites (tertiary alicyclic amines) is 1. The molecule has 0 unspecified atom stereocenters. The molecule has 1 aliphatic rings. The number of fused-ring (bicyclic) bond motifs is 1. The maximum absolute atomic E-state index is 13.5. The highest BCUT2D eigenvalue weighted by molar-refractivity contribution is 7.99. The minimum atomic E-state index is -0.386. The molecule has 1 aliphatic heterocycles. The summed E-state index contributed by atoms with van der Waals surface area (Å²) in [7, 11) is 0. The van der Waals surface area contributed by atoms with Crippen molar-refractivity contribution >= 4 is 40.6 Å². The molecule has 0 aliphatic carbocycles. The fourth-order valence-corrected chi connectivity index (χ4v) is 5.48. The first kappa shape index (κ1) is 24.7. The number of nitrogens with two attached hydrogens (primary N) is 1. The number of nitrogens with zero attached hydrogens (tertiary/aromatic N) is 4. The van der Waals surface area contributed by atoms with E-state index in [1.807, 2.05) is 24.4 Å². The lowest BCUT2D eigenvalue weighted by molar-refractivity contribution is 0.190. The molecule has 1 fully saturated rings. The van der Waals surface area contributed by atoms with Gasteiger partial charge in [0, 0.05) is 59.1 Å². The number of benzene rings is 1.